The van der Waals surface area contributed by atoms with Gasteiger partial charge in [-0.3, -0.25) is 0 Å². The van der Waals surface area contributed by atoms with Crippen LogP contribution in [0.25, 0.3) is 16.6 Å². The zero-order valence-electron chi connectivity index (χ0n) is 19.9. The van der Waals surface area contributed by atoms with Gasteiger partial charge in [-0.05, 0) is 58.7 Å². The lowest BCUT2D eigenvalue weighted by Crippen LogP contribution is -2.14. The predicted molar refractivity (Wildman–Crippen MR) is 134 cm³/mol. The summed E-state index contributed by atoms with van der Waals surface area (Å²) in [6, 6.07) is 20.0. The minimum Gasteiger partial charge on any atom is -0.478 e. The van der Waals surface area contributed by atoms with E-state index in [1.165, 1.54) is 16.8 Å². The van der Waals surface area contributed by atoms with Gasteiger partial charge in [-0.2, -0.15) is 5.10 Å². The molecular weight excluding hydrogens is 408 g/mol. The van der Waals surface area contributed by atoms with Crippen LogP contribution in [0.3, 0.4) is 0 Å². The van der Waals surface area contributed by atoms with Gasteiger partial charge in [-0.15, -0.1) is 0 Å². The van der Waals surface area contributed by atoms with Crippen molar-refractivity contribution in [2.75, 3.05) is 0 Å². The molecule has 0 fully saturated rings. The van der Waals surface area contributed by atoms with Crippen LogP contribution in [0.1, 0.15) is 73.3 Å². The number of benzene rings is 2. The minimum atomic E-state index is -0.901. The molecule has 4 aromatic rings. The molecule has 0 unspecified atom stereocenters. The molecule has 2 aromatic carbocycles. The Morgan fingerprint density at radius 3 is 2.48 bits per heavy atom. The fourth-order valence-electron chi connectivity index (χ4n) is 4.50. The van der Waals surface area contributed by atoms with Crippen LogP contribution in [0.5, 0.6) is 0 Å². The molecule has 0 amide bonds. The number of carboxylic acids is 1. The number of aromatic nitrogens is 2. The molecule has 0 atom stereocenters. The van der Waals surface area contributed by atoms with Gasteiger partial charge in [0.05, 0.1) is 16.8 Å². The van der Waals surface area contributed by atoms with Crippen LogP contribution in [-0.2, 0) is 18.3 Å². The number of rotatable bonds is 7. The largest absolute Gasteiger partial charge is 0.478 e. The van der Waals surface area contributed by atoms with E-state index in [-0.39, 0.29) is 5.41 Å². The summed E-state index contributed by atoms with van der Waals surface area (Å²) in [5.74, 6) is -0.901. The number of hydrogen-bond acceptors (Lipinski definition) is 2. The van der Waals surface area contributed by atoms with Crippen molar-refractivity contribution in [2.45, 2.75) is 58.8 Å². The maximum atomic E-state index is 11.9. The summed E-state index contributed by atoms with van der Waals surface area (Å²) in [6.45, 7) is 8.75. The molecule has 0 spiro atoms. The molecular formula is C29H32N2O2. The highest BCUT2D eigenvalue weighted by Crippen LogP contribution is 2.36. The lowest BCUT2D eigenvalue weighted by Gasteiger charge is -2.25. The van der Waals surface area contributed by atoms with Crippen molar-refractivity contribution in [2.24, 2.45) is 0 Å². The third kappa shape index (κ3) is 4.70. The quantitative estimate of drug-likeness (QED) is 0.339. The number of aromatic carboxylic acids is 1. The van der Waals surface area contributed by atoms with E-state index in [2.05, 4.69) is 58.0 Å². The minimum absolute atomic E-state index is 0.136. The first-order valence-electron chi connectivity index (χ1n) is 11.7. The Labute approximate surface area is 195 Å². The standard InChI is InChI=1S/C29H32N2O2/c1-5-6-13-26-24(27-14-9-10-17-31(27)30-26)18-20-15-16-22(25(19-20)29(2,3)4)21-11-7-8-12-23(21)28(32)33/h7-12,14-17,19H,5-6,13,18H2,1-4H3,(H,32,33). The van der Waals surface area contributed by atoms with Crippen LogP contribution in [0.15, 0.2) is 66.9 Å². The number of unbranched alkanes of at least 4 members (excludes halogenated alkanes) is 1. The molecule has 4 heteroatoms. The number of nitrogens with zero attached hydrogens (tertiary/aromatic N) is 2. The Hall–Kier alpha value is -3.40. The monoisotopic (exact) mass is 440 g/mol. The van der Waals surface area contributed by atoms with Gasteiger partial charge in [0.1, 0.15) is 0 Å². The Balaban J connectivity index is 1.81. The molecule has 0 aliphatic carbocycles. The third-order valence-corrected chi connectivity index (χ3v) is 6.21. The van der Waals surface area contributed by atoms with Crippen LogP contribution >= 0.6 is 0 Å². The van der Waals surface area contributed by atoms with Gasteiger partial charge in [0, 0.05) is 18.2 Å². The van der Waals surface area contributed by atoms with Crippen molar-refractivity contribution in [3.63, 3.8) is 0 Å². The van der Waals surface area contributed by atoms with Gasteiger partial charge in [0.25, 0.3) is 0 Å². The van der Waals surface area contributed by atoms with Crippen molar-refractivity contribution in [1.82, 2.24) is 9.61 Å². The molecule has 0 saturated carbocycles. The zero-order valence-corrected chi connectivity index (χ0v) is 19.9. The molecule has 2 aromatic heterocycles. The number of aryl methyl sites for hydroxylation is 1. The van der Waals surface area contributed by atoms with Crippen molar-refractivity contribution < 1.29 is 9.90 Å². The summed E-state index contributed by atoms with van der Waals surface area (Å²) in [4.78, 5) is 11.9. The second-order valence-electron chi connectivity index (χ2n) is 9.72. The molecule has 4 nitrogen and oxygen atoms in total. The summed E-state index contributed by atoms with van der Waals surface area (Å²) < 4.78 is 1.99. The van der Waals surface area contributed by atoms with Crippen molar-refractivity contribution in [3.8, 4) is 11.1 Å². The first kappa shape index (κ1) is 22.8. The van der Waals surface area contributed by atoms with E-state index in [0.717, 1.165) is 47.9 Å². The van der Waals surface area contributed by atoms with Gasteiger partial charge in [-0.1, -0.05) is 76.6 Å². The average molecular weight is 441 g/mol. The summed E-state index contributed by atoms with van der Waals surface area (Å²) in [6.07, 6.45) is 6.05. The Morgan fingerprint density at radius 1 is 1.00 bits per heavy atom. The van der Waals surface area contributed by atoms with Gasteiger partial charge >= 0.3 is 5.97 Å². The van der Waals surface area contributed by atoms with Crippen LogP contribution in [0, 0.1) is 0 Å². The van der Waals surface area contributed by atoms with Crippen molar-refractivity contribution in [1.29, 1.82) is 0 Å². The second-order valence-corrected chi connectivity index (χ2v) is 9.72. The predicted octanol–water partition coefficient (Wildman–Crippen LogP) is 6.93. The van der Waals surface area contributed by atoms with E-state index in [0.29, 0.717) is 5.56 Å². The van der Waals surface area contributed by atoms with E-state index in [1.807, 2.05) is 28.9 Å². The molecule has 170 valence electrons. The van der Waals surface area contributed by atoms with Crippen molar-refractivity contribution in [3.05, 3.63) is 94.8 Å². The Kier molecular flexibility index (Phi) is 6.37. The van der Waals surface area contributed by atoms with Gasteiger partial charge in [0.15, 0.2) is 0 Å². The molecule has 0 aliphatic rings. The number of pyridine rings is 1. The summed E-state index contributed by atoms with van der Waals surface area (Å²) in [5.41, 5.74) is 7.91. The van der Waals surface area contributed by atoms with Gasteiger partial charge < -0.3 is 5.11 Å². The molecule has 1 N–H and O–H groups in total. The summed E-state index contributed by atoms with van der Waals surface area (Å²) >= 11 is 0. The van der Waals surface area contributed by atoms with Gasteiger partial charge in [0.2, 0.25) is 0 Å². The van der Waals surface area contributed by atoms with Crippen LogP contribution < -0.4 is 0 Å². The average Bonchev–Trinajstić information content (AvgIpc) is 3.14. The maximum absolute atomic E-state index is 11.9. The van der Waals surface area contributed by atoms with Gasteiger partial charge in [-0.25, -0.2) is 9.31 Å². The lowest BCUT2D eigenvalue weighted by atomic mass is 9.79. The highest BCUT2D eigenvalue weighted by molar-refractivity contribution is 5.96. The van der Waals surface area contributed by atoms with Crippen molar-refractivity contribution >= 4 is 11.5 Å². The third-order valence-electron chi connectivity index (χ3n) is 6.21. The van der Waals surface area contributed by atoms with E-state index in [4.69, 9.17) is 5.10 Å². The zero-order chi connectivity index (χ0) is 23.6. The number of fused-ring (bicyclic) bond motifs is 1. The molecule has 0 bridgehead atoms. The fourth-order valence-corrected chi connectivity index (χ4v) is 4.50. The van der Waals surface area contributed by atoms with E-state index >= 15 is 0 Å². The van der Waals surface area contributed by atoms with Crippen LogP contribution in [0.4, 0.5) is 0 Å². The molecule has 2 heterocycles. The lowest BCUT2D eigenvalue weighted by molar-refractivity contribution is 0.0697. The van der Waals surface area contributed by atoms with Crippen LogP contribution in [-0.4, -0.2) is 20.7 Å². The number of carboxylic acid groups (broad SMARTS) is 1. The first-order chi connectivity index (χ1) is 15.8. The number of hydrogen-bond donors (Lipinski definition) is 1. The highest BCUT2D eigenvalue weighted by Gasteiger charge is 2.23. The summed E-state index contributed by atoms with van der Waals surface area (Å²) in [7, 11) is 0. The fraction of sp³-hybridized carbons (Fsp3) is 0.310. The van der Waals surface area contributed by atoms with E-state index in [1.54, 1.807) is 12.1 Å². The number of carbonyl (C=O) groups is 1. The maximum Gasteiger partial charge on any atom is 0.336 e. The van der Waals surface area contributed by atoms with E-state index in [9.17, 15) is 9.90 Å². The molecule has 33 heavy (non-hydrogen) atoms. The highest BCUT2D eigenvalue weighted by atomic mass is 16.4. The molecule has 0 aliphatic heterocycles. The second kappa shape index (κ2) is 9.22. The van der Waals surface area contributed by atoms with Crippen LogP contribution in [0.2, 0.25) is 0 Å². The molecule has 4 rings (SSSR count). The SMILES string of the molecule is CCCCc1nn2ccccc2c1Cc1ccc(-c2ccccc2C(=O)O)c(C(C)(C)C)c1. The first-order valence-corrected chi connectivity index (χ1v) is 11.7. The Morgan fingerprint density at radius 2 is 1.76 bits per heavy atom. The smallest absolute Gasteiger partial charge is 0.336 e. The topological polar surface area (TPSA) is 54.6 Å². The summed E-state index contributed by atoms with van der Waals surface area (Å²) in [5, 5.41) is 14.6. The van der Waals surface area contributed by atoms with E-state index < -0.39 is 5.97 Å². The molecule has 0 saturated heterocycles. The Bertz CT molecular complexity index is 1290. The normalized spacial score (nSPS) is 11.8. The molecule has 0 radical (unpaired) electrons.